The Balaban J connectivity index is 1.07. The Hall–Kier alpha value is -8.93. The Morgan fingerprint density at radius 2 is 0.758 bits per heavy atom. The van der Waals surface area contributed by atoms with E-state index in [1.807, 2.05) is 18.2 Å². The standard InChI is InChI=1S/C61H37N5/c1-2-17-38(18-3-1)59-62-60(64-61(63-59)50-35-43-23-8-9-24-44(43)45-25-10-11-26-46(45)50)48-28-13-15-30-53(48)66-55-32-16-31-54(58(55)51-34-40-20-5-7-22-42(40)37-57(51)66)65-52-29-14-12-27-47(52)49-33-39-19-4-6-21-41(39)36-56(49)65/h1-37H. The Morgan fingerprint density at radius 3 is 1.52 bits per heavy atom. The van der Waals surface area contributed by atoms with Crippen molar-refractivity contribution in [2.24, 2.45) is 0 Å². The first kappa shape index (κ1) is 36.5. The summed E-state index contributed by atoms with van der Waals surface area (Å²) < 4.78 is 4.90. The number of rotatable bonds is 5. The van der Waals surface area contributed by atoms with Crippen LogP contribution in [0.15, 0.2) is 224 Å². The molecule has 11 aromatic carbocycles. The second-order valence-electron chi connectivity index (χ2n) is 17.2. The normalized spacial score (nSPS) is 11.9. The summed E-state index contributed by atoms with van der Waals surface area (Å²) in [7, 11) is 0. The van der Waals surface area contributed by atoms with Crippen molar-refractivity contribution in [2.75, 3.05) is 0 Å². The van der Waals surface area contributed by atoms with Gasteiger partial charge in [-0.15, -0.1) is 0 Å². The largest absolute Gasteiger partial charge is 0.309 e. The van der Waals surface area contributed by atoms with E-state index in [1.54, 1.807) is 0 Å². The zero-order valence-corrected chi connectivity index (χ0v) is 35.6. The van der Waals surface area contributed by atoms with Crippen LogP contribution in [0.1, 0.15) is 0 Å². The summed E-state index contributed by atoms with van der Waals surface area (Å²) >= 11 is 0. The lowest BCUT2D eigenvalue weighted by Crippen LogP contribution is -2.04. The maximum Gasteiger partial charge on any atom is 0.166 e. The molecule has 0 unspecified atom stereocenters. The monoisotopic (exact) mass is 839 g/mol. The van der Waals surface area contributed by atoms with Gasteiger partial charge in [0.05, 0.1) is 33.4 Å². The van der Waals surface area contributed by atoms with E-state index in [9.17, 15) is 0 Å². The molecule has 0 N–H and O–H groups in total. The van der Waals surface area contributed by atoms with Gasteiger partial charge in [-0.05, 0) is 104 Å². The van der Waals surface area contributed by atoms with Crippen LogP contribution in [-0.4, -0.2) is 24.1 Å². The van der Waals surface area contributed by atoms with Gasteiger partial charge in [-0.25, -0.2) is 15.0 Å². The zero-order chi connectivity index (χ0) is 43.3. The van der Waals surface area contributed by atoms with Crippen molar-refractivity contribution in [3.8, 4) is 45.5 Å². The molecular weight excluding hydrogens is 803 g/mol. The van der Waals surface area contributed by atoms with E-state index in [4.69, 9.17) is 15.0 Å². The molecular formula is C61H37N5. The van der Waals surface area contributed by atoms with Crippen molar-refractivity contribution in [3.63, 3.8) is 0 Å². The zero-order valence-electron chi connectivity index (χ0n) is 35.6. The molecule has 0 saturated heterocycles. The highest BCUT2D eigenvalue weighted by Crippen LogP contribution is 2.44. The van der Waals surface area contributed by atoms with Crippen molar-refractivity contribution in [2.45, 2.75) is 0 Å². The number of hydrogen-bond donors (Lipinski definition) is 0. The molecule has 0 amide bonds. The lowest BCUT2D eigenvalue weighted by atomic mass is 9.97. The number of benzene rings is 11. The molecule has 0 bridgehead atoms. The third-order valence-corrected chi connectivity index (χ3v) is 13.5. The molecule has 306 valence electrons. The first-order valence-electron chi connectivity index (χ1n) is 22.4. The fraction of sp³-hybridized carbons (Fsp3) is 0. The minimum absolute atomic E-state index is 0.605. The Morgan fingerprint density at radius 1 is 0.258 bits per heavy atom. The molecule has 5 nitrogen and oxygen atoms in total. The lowest BCUT2D eigenvalue weighted by molar-refractivity contribution is 1.07. The highest BCUT2D eigenvalue weighted by molar-refractivity contribution is 6.20. The van der Waals surface area contributed by atoms with Crippen LogP contribution in [0, 0.1) is 0 Å². The van der Waals surface area contributed by atoms with Gasteiger partial charge in [-0.1, -0.05) is 164 Å². The van der Waals surface area contributed by atoms with Crippen LogP contribution in [0.2, 0.25) is 0 Å². The predicted octanol–water partition coefficient (Wildman–Crippen LogP) is 15.7. The van der Waals surface area contributed by atoms with Crippen molar-refractivity contribution >= 4 is 86.7 Å². The number of aromatic nitrogens is 5. The van der Waals surface area contributed by atoms with E-state index < -0.39 is 0 Å². The van der Waals surface area contributed by atoms with Gasteiger partial charge in [0.2, 0.25) is 0 Å². The highest BCUT2D eigenvalue weighted by Gasteiger charge is 2.24. The van der Waals surface area contributed by atoms with Gasteiger partial charge in [0.15, 0.2) is 17.5 Å². The first-order valence-corrected chi connectivity index (χ1v) is 22.4. The summed E-state index contributed by atoms with van der Waals surface area (Å²) in [6.07, 6.45) is 0. The molecule has 0 aliphatic heterocycles. The maximum atomic E-state index is 5.45. The van der Waals surface area contributed by atoms with Crippen LogP contribution in [-0.2, 0) is 0 Å². The SMILES string of the molecule is c1ccc(-c2nc(-c3ccccc3-n3c4cc5ccccc5cc4c4c(-n5c6ccccc6c6cc7ccccc7cc65)cccc43)nc(-c3cc4ccccc4c4ccccc34)n2)cc1. The number of fused-ring (bicyclic) bond motifs is 11. The summed E-state index contributed by atoms with van der Waals surface area (Å²) in [5.74, 6) is 1.86. The van der Waals surface area contributed by atoms with Crippen LogP contribution in [0.4, 0.5) is 0 Å². The lowest BCUT2D eigenvalue weighted by Gasteiger charge is -2.16. The molecule has 0 aliphatic rings. The molecule has 14 rings (SSSR count). The molecule has 5 heteroatoms. The van der Waals surface area contributed by atoms with Crippen molar-refractivity contribution in [1.82, 2.24) is 24.1 Å². The summed E-state index contributed by atoms with van der Waals surface area (Å²) in [6, 6.07) is 80.5. The minimum Gasteiger partial charge on any atom is -0.309 e. The average molecular weight is 840 g/mol. The van der Waals surface area contributed by atoms with Crippen LogP contribution >= 0.6 is 0 Å². The van der Waals surface area contributed by atoms with E-state index >= 15 is 0 Å². The second-order valence-corrected chi connectivity index (χ2v) is 17.2. The van der Waals surface area contributed by atoms with Crippen molar-refractivity contribution in [1.29, 1.82) is 0 Å². The fourth-order valence-electron chi connectivity index (χ4n) is 10.5. The summed E-state index contributed by atoms with van der Waals surface area (Å²) in [4.78, 5) is 16.0. The van der Waals surface area contributed by atoms with Gasteiger partial charge in [-0.3, -0.25) is 0 Å². The van der Waals surface area contributed by atoms with E-state index in [0.29, 0.717) is 17.5 Å². The topological polar surface area (TPSA) is 48.5 Å². The van der Waals surface area contributed by atoms with Gasteiger partial charge >= 0.3 is 0 Å². The van der Waals surface area contributed by atoms with Crippen LogP contribution in [0.25, 0.3) is 132 Å². The smallest absolute Gasteiger partial charge is 0.166 e. The number of nitrogens with zero attached hydrogens (tertiary/aromatic N) is 5. The third-order valence-electron chi connectivity index (χ3n) is 13.5. The molecule has 3 aromatic heterocycles. The molecule has 0 saturated carbocycles. The predicted molar refractivity (Wildman–Crippen MR) is 275 cm³/mol. The van der Waals surface area contributed by atoms with Crippen LogP contribution in [0.3, 0.4) is 0 Å². The number of hydrogen-bond acceptors (Lipinski definition) is 3. The van der Waals surface area contributed by atoms with Gasteiger partial charge in [0.25, 0.3) is 0 Å². The van der Waals surface area contributed by atoms with Crippen molar-refractivity contribution in [3.05, 3.63) is 224 Å². The fourth-order valence-corrected chi connectivity index (χ4v) is 10.5. The summed E-state index contributed by atoms with van der Waals surface area (Å²) in [5, 5.41) is 14.2. The quantitative estimate of drug-likeness (QED) is 0.162. The number of para-hydroxylation sites is 2. The summed E-state index contributed by atoms with van der Waals surface area (Å²) in [5.41, 5.74) is 9.46. The molecule has 0 atom stereocenters. The minimum atomic E-state index is 0.605. The Labute approximate surface area is 379 Å². The van der Waals surface area contributed by atoms with E-state index in [2.05, 4.69) is 215 Å². The molecule has 66 heavy (non-hydrogen) atoms. The first-order chi connectivity index (χ1) is 32.7. The van der Waals surface area contributed by atoms with Crippen LogP contribution < -0.4 is 0 Å². The molecule has 14 aromatic rings. The average Bonchev–Trinajstić information content (AvgIpc) is 3.88. The molecule has 0 radical (unpaired) electrons. The van der Waals surface area contributed by atoms with Crippen molar-refractivity contribution < 1.29 is 0 Å². The van der Waals surface area contributed by atoms with Gasteiger partial charge in [-0.2, -0.15) is 0 Å². The van der Waals surface area contributed by atoms with E-state index in [1.165, 1.54) is 64.9 Å². The van der Waals surface area contributed by atoms with Gasteiger partial charge in [0.1, 0.15) is 0 Å². The van der Waals surface area contributed by atoms with Gasteiger partial charge in [0, 0.05) is 38.2 Å². The van der Waals surface area contributed by atoms with Gasteiger partial charge < -0.3 is 9.13 Å². The van der Waals surface area contributed by atoms with Crippen LogP contribution in [0.5, 0.6) is 0 Å². The molecule has 0 aliphatic carbocycles. The van der Waals surface area contributed by atoms with E-state index in [0.717, 1.165) is 49.9 Å². The summed E-state index contributed by atoms with van der Waals surface area (Å²) in [6.45, 7) is 0. The Bertz CT molecular complexity index is 4290. The Kier molecular flexibility index (Phi) is 7.91. The maximum absolute atomic E-state index is 5.45. The molecule has 3 heterocycles. The second kappa shape index (κ2) is 14.3. The molecule has 0 fully saturated rings. The third kappa shape index (κ3) is 5.50. The highest BCUT2D eigenvalue weighted by atomic mass is 15.1. The molecule has 0 spiro atoms. The van der Waals surface area contributed by atoms with E-state index in [-0.39, 0.29) is 0 Å².